The van der Waals surface area contributed by atoms with Crippen molar-refractivity contribution in [2.24, 2.45) is 0 Å². The van der Waals surface area contributed by atoms with Gasteiger partial charge in [-0.15, -0.1) is 0 Å². The fraction of sp³-hybridized carbons (Fsp3) is 0.0577. The third-order valence-corrected chi connectivity index (χ3v) is 11.4. The van der Waals surface area contributed by atoms with Crippen LogP contribution in [0.1, 0.15) is 30.5 Å². The van der Waals surface area contributed by atoms with Gasteiger partial charge in [-0.25, -0.2) is 0 Å². The normalized spacial score (nSPS) is 12.7. The van der Waals surface area contributed by atoms with Crippen molar-refractivity contribution >= 4 is 38.9 Å². The molecule has 0 aliphatic heterocycles. The number of fused-ring (bicyclic) bond motifs is 6. The van der Waals surface area contributed by atoms with Crippen LogP contribution in [-0.2, 0) is 5.41 Å². The van der Waals surface area contributed by atoms with Crippen LogP contribution in [0.2, 0.25) is 0 Å². The van der Waals surface area contributed by atoms with Crippen LogP contribution in [0.3, 0.4) is 0 Å². The molecule has 0 unspecified atom stereocenters. The molecule has 10 rings (SSSR count). The van der Waals surface area contributed by atoms with E-state index in [9.17, 15) is 5.26 Å². The smallest absolute Gasteiger partial charge is 0.0991 e. The summed E-state index contributed by atoms with van der Waals surface area (Å²) >= 11 is 0. The second-order valence-electron chi connectivity index (χ2n) is 14.9. The Balaban J connectivity index is 1.09. The molecule has 0 saturated carbocycles. The number of hydrogen-bond donors (Lipinski definition) is 0. The Hall–Kier alpha value is -7.15. The van der Waals surface area contributed by atoms with Gasteiger partial charge in [0.15, 0.2) is 0 Å². The molecule has 55 heavy (non-hydrogen) atoms. The molecule has 0 fully saturated rings. The molecular formula is C52H37N3. The van der Waals surface area contributed by atoms with Crippen molar-refractivity contribution in [3.63, 3.8) is 0 Å². The Labute approximate surface area is 321 Å². The Kier molecular flexibility index (Phi) is 7.54. The number of aromatic nitrogens is 1. The van der Waals surface area contributed by atoms with Gasteiger partial charge in [0.1, 0.15) is 0 Å². The minimum absolute atomic E-state index is 0.0665. The summed E-state index contributed by atoms with van der Waals surface area (Å²) in [5, 5.41) is 12.0. The summed E-state index contributed by atoms with van der Waals surface area (Å²) in [6.07, 6.45) is 0. The quantitative estimate of drug-likeness (QED) is 0.173. The van der Waals surface area contributed by atoms with Gasteiger partial charge >= 0.3 is 0 Å². The second-order valence-corrected chi connectivity index (χ2v) is 14.9. The highest BCUT2D eigenvalue weighted by molar-refractivity contribution is 6.11. The van der Waals surface area contributed by atoms with Crippen LogP contribution in [-0.4, -0.2) is 4.57 Å². The Bertz CT molecular complexity index is 2930. The predicted octanol–water partition coefficient (Wildman–Crippen LogP) is 13.8. The van der Waals surface area contributed by atoms with Crippen LogP contribution >= 0.6 is 0 Å². The molecule has 8 aromatic carbocycles. The summed E-state index contributed by atoms with van der Waals surface area (Å²) in [5.74, 6) is 0. The van der Waals surface area contributed by atoms with Crippen molar-refractivity contribution < 1.29 is 0 Å². The number of nitrogens with zero attached hydrogens (tertiary/aromatic N) is 3. The number of rotatable bonds is 6. The molecule has 0 amide bonds. The average Bonchev–Trinajstić information content (AvgIpc) is 3.69. The highest BCUT2D eigenvalue weighted by atomic mass is 15.1. The van der Waals surface area contributed by atoms with Gasteiger partial charge < -0.3 is 9.47 Å². The molecule has 0 radical (unpaired) electrons. The topological polar surface area (TPSA) is 32.0 Å². The molecule has 1 aromatic heterocycles. The fourth-order valence-corrected chi connectivity index (χ4v) is 8.65. The molecule has 0 N–H and O–H groups in total. The molecule has 9 aromatic rings. The van der Waals surface area contributed by atoms with Gasteiger partial charge in [0, 0.05) is 38.9 Å². The third-order valence-electron chi connectivity index (χ3n) is 11.4. The van der Waals surface area contributed by atoms with Gasteiger partial charge in [0.2, 0.25) is 0 Å². The van der Waals surface area contributed by atoms with E-state index in [2.05, 4.69) is 193 Å². The van der Waals surface area contributed by atoms with Crippen LogP contribution in [0.4, 0.5) is 17.1 Å². The zero-order valence-corrected chi connectivity index (χ0v) is 30.7. The van der Waals surface area contributed by atoms with E-state index >= 15 is 0 Å². The number of anilines is 3. The van der Waals surface area contributed by atoms with Crippen LogP contribution < -0.4 is 4.90 Å². The summed E-state index contributed by atoms with van der Waals surface area (Å²) in [4.78, 5) is 2.29. The molecule has 3 nitrogen and oxygen atoms in total. The molecule has 260 valence electrons. The highest BCUT2D eigenvalue weighted by Crippen LogP contribution is 2.50. The van der Waals surface area contributed by atoms with Crippen molar-refractivity contribution in [3.05, 3.63) is 205 Å². The van der Waals surface area contributed by atoms with Gasteiger partial charge in [0.25, 0.3) is 0 Å². The summed E-state index contributed by atoms with van der Waals surface area (Å²) in [6, 6.07) is 69.6. The summed E-state index contributed by atoms with van der Waals surface area (Å²) in [7, 11) is 0. The lowest BCUT2D eigenvalue weighted by Gasteiger charge is -2.27. The zero-order chi connectivity index (χ0) is 37.1. The predicted molar refractivity (Wildman–Crippen MR) is 229 cm³/mol. The number of benzene rings is 8. The number of para-hydroxylation sites is 1. The lowest BCUT2D eigenvalue weighted by molar-refractivity contribution is 0.660. The Morgan fingerprint density at radius 2 is 0.964 bits per heavy atom. The monoisotopic (exact) mass is 703 g/mol. The van der Waals surface area contributed by atoms with Gasteiger partial charge in [-0.3, -0.25) is 0 Å². The first-order valence-electron chi connectivity index (χ1n) is 18.8. The van der Waals surface area contributed by atoms with Crippen molar-refractivity contribution in [2.75, 3.05) is 4.90 Å². The molecule has 1 aliphatic rings. The van der Waals surface area contributed by atoms with Gasteiger partial charge in [-0.05, 0) is 129 Å². The number of nitriles is 1. The van der Waals surface area contributed by atoms with E-state index < -0.39 is 0 Å². The van der Waals surface area contributed by atoms with E-state index in [0.29, 0.717) is 5.56 Å². The standard InChI is InChI=1S/C52H37N3/c1-52(2)48-16-10-9-15-44(48)45-33-43(27-28-49(45)52)54(41-23-17-35(34-53)18-24-41)42-25-19-37(20-26-42)39-22-30-51-47(32-39)46-31-38(36-11-5-3-6-12-36)21-29-50(46)55(51)40-13-7-4-8-14-40/h3-33H,1-2H3. The molecule has 0 saturated heterocycles. The average molecular weight is 704 g/mol. The molecule has 3 heteroatoms. The van der Waals surface area contributed by atoms with E-state index in [1.807, 2.05) is 24.3 Å². The Morgan fingerprint density at radius 3 is 1.60 bits per heavy atom. The first-order chi connectivity index (χ1) is 27.0. The van der Waals surface area contributed by atoms with Crippen molar-refractivity contribution in [3.8, 4) is 45.1 Å². The van der Waals surface area contributed by atoms with Crippen LogP contribution in [0.15, 0.2) is 188 Å². The van der Waals surface area contributed by atoms with E-state index in [1.165, 1.54) is 55.2 Å². The lowest BCUT2D eigenvalue weighted by atomic mass is 9.82. The van der Waals surface area contributed by atoms with E-state index in [1.54, 1.807) is 0 Å². The second kappa shape index (κ2) is 12.8. The SMILES string of the molecule is CC1(C)c2ccccc2-c2cc(N(c3ccc(C#N)cc3)c3ccc(-c4ccc5c(c4)c4cc(-c6ccccc6)ccc4n5-c4ccccc4)cc3)ccc21. The molecule has 0 spiro atoms. The van der Waals surface area contributed by atoms with Crippen LogP contribution in [0.25, 0.3) is 60.9 Å². The van der Waals surface area contributed by atoms with Gasteiger partial charge in [-0.1, -0.05) is 117 Å². The lowest BCUT2D eigenvalue weighted by Crippen LogP contribution is -2.15. The van der Waals surface area contributed by atoms with Gasteiger partial charge in [0.05, 0.1) is 22.7 Å². The largest absolute Gasteiger partial charge is 0.310 e. The summed E-state index contributed by atoms with van der Waals surface area (Å²) in [6.45, 7) is 4.63. The molecular weight excluding hydrogens is 667 g/mol. The van der Waals surface area contributed by atoms with Crippen molar-refractivity contribution in [2.45, 2.75) is 19.3 Å². The first kappa shape index (κ1) is 32.5. The minimum atomic E-state index is -0.0665. The molecule has 0 bridgehead atoms. The van der Waals surface area contributed by atoms with Gasteiger partial charge in [-0.2, -0.15) is 5.26 Å². The van der Waals surface area contributed by atoms with Crippen molar-refractivity contribution in [1.29, 1.82) is 5.26 Å². The van der Waals surface area contributed by atoms with E-state index in [-0.39, 0.29) is 5.41 Å². The molecule has 1 aliphatic carbocycles. The highest BCUT2D eigenvalue weighted by Gasteiger charge is 2.35. The summed E-state index contributed by atoms with van der Waals surface area (Å²) in [5.41, 5.74) is 17.2. The molecule has 0 atom stereocenters. The van der Waals surface area contributed by atoms with Crippen molar-refractivity contribution in [1.82, 2.24) is 4.57 Å². The van der Waals surface area contributed by atoms with E-state index in [0.717, 1.165) is 33.9 Å². The number of hydrogen-bond acceptors (Lipinski definition) is 2. The molecule has 1 heterocycles. The Morgan fingerprint density at radius 1 is 0.455 bits per heavy atom. The van der Waals surface area contributed by atoms with E-state index in [4.69, 9.17) is 0 Å². The third kappa shape index (κ3) is 5.34. The maximum Gasteiger partial charge on any atom is 0.0991 e. The minimum Gasteiger partial charge on any atom is -0.310 e. The first-order valence-corrected chi connectivity index (χ1v) is 18.8. The zero-order valence-electron chi connectivity index (χ0n) is 30.7. The maximum atomic E-state index is 9.57. The summed E-state index contributed by atoms with van der Waals surface area (Å²) < 4.78 is 2.37. The maximum absolute atomic E-state index is 9.57. The van der Waals surface area contributed by atoms with Crippen LogP contribution in [0.5, 0.6) is 0 Å². The van der Waals surface area contributed by atoms with Crippen LogP contribution in [0, 0.1) is 11.3 Å². The fourth-order valence-electron chi connectivity index (χ4n) is 8.65.